The van der Waals surface area contributed by atoms with Gasteiger partial charge in [0.1, 0.15) is 6.10 Å². The third-order valence-corrected chi connectivity index (χ3v) is 0.688. The molecule has 0 aliphatic carbocycles. The van der Waals surface area contributed by atoms with Crippen LogP contribution in [0, 0.1) is 0 Å². The molecular formula is C4H6NO4-. The number of aliphatic hydroxyl groups excluding tert-OH is 1. The summed E-state index contributed by atoms with van der Waals surface area (Å²) < 4.78 is 0. The van der Waals surface area contributed by atoms with Gasteiger partial charge >= 0.3 is 0 Å². The molecule has 1 atom stereocenters. The minimum atomic E-state index is -1.63. The Hall–Kier alpha value is -1.10. The van der Waals surface area contributed by atoms with Crippen LogP contribution in [0.15, 0.2) is 0 Å². The third kappa shape index (κ3) is 3.48. The molecule has 0 saturated carbocycles. The van der Waals surface area contributed by atoms with Crippen LogP contribution in [0.5, 0.6) is 0 Å². The van der Waals surface area contributed by atoms with Gasteiger partial charge in [-0.15, -0.1) is 0 Å². The Bertz CT molecular complexity index is 133. The highest BCUT2D eigenvalue weighted by molar-refractivity contribution is 5.82. The number of carbonyl (C=O) groups is 2. The molecule has 0 bridgehead atoms. The van der Waals surface area contributed by atoms with Crippen molar-refractivity contribution in [3.63, 3.8) is 0 Å². The van der Waals surface area contributed by atoms with Gasteiger partial charge in [-0.2, -0.15) is 0 Å². The number of hydrogen-bond donors (Lipinski definition) is 2. The molecular weight excluding hydrogens is 126 g/mol. The second kappa shape index (κ2) is 3.03. The number of primary amides is 1. The fourth-order valence-corrected chi connectivity index (χ4v) is 0.258. The summed E-state index contributed by atoms with van der Waals surface area (Å²) in [5.74, 6) is -2.56. The van der Waals surface area contributed by atoms with Crippen LogP contribution in [0.1, 0.15) is 6.42 Å². The molecule has 0 aliphatic heterocycles. The van der Waals surface area contributed by atoms with Crippen molar-refractivity contribution in [2.45, 2.75) is 12.5 Å². The van der Waals surface area contributed by atoms with Gasteiger partial charge in [0.05, 0.1) is 0 Å². The van der Waals surface area contributed by atoms with E-state index in [2.05, 4.69) is 5.73 Å². The first kappa shape index (κ1) is 7.90. The lowest BCUT2D eigenvalue weighted by atomic mass is 10.2. The normalized spacial score (nSPS) is 12.6. The van der Waals surface area contributed by atoms with E-state index in [9.17, 15) is 14.7 Å². The van der Waals surface area contributed by atoms with Crippen LogP contribution in [0.25, 0.3) is 0 Å². The number of rotatable bonds is 3. The smallest absolute Gasteiger partial charge is 0.246 e. The van der Waals surface area contributed by atoms with Crippen LogP contribution in [-0.4, -0.2) is 23.1 Å². The third-order valence-electron chi connectivity index (χ3n) is 0.688. The maximum atomic E-state index is 9.92. The van der Waals surface area contributed by atoms with E-state index < -0.39 is 24.4 Å². The Morgan fingerprint density at radius 3 is 2.22 bits per heavy atom. The molecule has 0 aromatic carbocycles. The Labute approximate surface area is 51.1 Å². The maximum Gasteiger partial charge on any atom is 0.246 e. The lowest BCUT2D eigenvalue weighted by Crippen LogP contribution is -2.35. The molecule has 0 radical (unpaired) electrons. The van der Waals surface area contributed by atoms with Crippen molar-refractivity contribution in [3.05, 3.63) is 0 Å². The quantitative estimate of drug-likeness (QED) is 0.426. The molecule has 9 heavy (non-hydrogen) atoms. The van der Waals surface area contributed by atoms with E-state index in [1.54, 1.807) is 0 Å². The fourth-order valence-electron chi connectivity index (χ4n) is 0.258. The van der Waals surface area contributed by atoms with E-state index in [0.29, 0.717) is 0 Å². The number of carboxylic acids is 1. The molecule has 0 aromatic rings. The summed E-state index contributed by atoms with van der Waals surface area (Å²) in [6.45, 7) is 0. The molecule has 0 spiro atoms. The molecule has 0 saturated heterocycles. The predicted molar refractivity (Wildman–Crippen MR) is 24.8 cm³/mol. The molecule has 1 amide bonds. The van der Waals surface area contributed by atoms with Crippen molar-refractivity contribution < 1.29 is 19.8 Å². The number of amides is 1. The Kier molecular flexibility index (Phi) is 2.66. The Morgan fingerprint density at radius 2 is 2.11 bits per heavy atom. The zero-order valence-corrected chi connectivity index (χ0v) is 4.53. The summed E-state index contributed by atoms with van der Waals surface area (Å²) in [4.78, 5) is 19.6. The summed E-state index contributed by atoms with van der Waals surface area (Å²) in [5.41, 5.74) is 4.50. The van der Waals surface area contributed by atoms with Gasteiger partial charge in [-0.3, -0.25) is 4.79 Å². The van der Waals surface area contributed by atoms with Gasteiger partial charge in [0, 0.05) is 12.4 Å². The Morgan fingerprint density at radius 1 is 1.67 bits per heavy atom. The molecule has 0 fully saturated rings. The van der Waals surface area contributed by atoms with E-state index >= 15 is 0 Å². The van der Waals surface area contributed by atoms with Crippen LogP contribution in [-0.2, 0) is 9.59 Å². The van der Waals surface area contributed by atoms with Gasteiger partial charge in [0.15, 0.2) is 0 Å². The average molecular weight is 132 g/mol. The van der Waals surface area contributed by atoms with E-state index in [1.807, 2.05) is 0 Å². The SMILES string of the molecule is NC(=O)C(O)CC(=O)[O-]. The van der Waals surface area contributed by atoms with Gasteiger partial charge in [0.2, 0.25) is 5.91 Å². The van der Waals surface area contributed by atoms with Crippen molar-refractivity contribution in [2.24, 2.45) is 5.73 Å². The molecule has 0 aromatic heterocycles. The minimum absolute atomic E-state index is 0.741. The highest BCUT2D eigenvalue weighted by Crippen LogP contribution is 1.85. The first-order valence-electron chi connectivity index (χ1n) is 2.21. The number of carboxylic acid groups (broad SMARTS) is 1. The molecule has 5 nitrogen and oxygen atoms in total. The van der Waals surface area contributed by atoms with E-state index in [1.165, 1.54) is 0 Å². The monoisotopic (exact) mass is 132 g/mol. The summed E-state index contributed by atoms with van der Waals surface area (Å²) in [5, 5.41) is 18.0. The van der Waals surface area contributed by atoms with Gasteiger partial charge in [0.25, 0.3) is 0 Å². The number of aliphatic hydroxyl groups is 1. The van der Waals surface area contributed by atoms with Crippen LogP contribution in [0.2, 0.25) is 0 Å². The van der Waals surface area contributed by atoms with Crippen molar-refractivity contribution in [3.8, 4) is 0 Å². The zero-order valence-electron chi connectivity index (χ0n) is 4.53. The fraction of sp³-hybridized carbons (Fsp3) is 0.500. The second-order valence-electron chi connectivity index (χ2n) is 1.49. The number of nitrogens with two attached hydrogens (primary N) is 1. The topological polar surface area (TPSA) is 103 Å². The number of hydrogen-bond acceptors (Lipinski definition) is 4. The van der Waals surface area contributed by atoms with E-state index in [0.717, 1.165) is 0 Å². The van der Waals surface area contributed by atoms with Crippen molar-refractivity contribution >= 4 is 11.9 Å². The summed E-state index contributed by atoms with van der Waals surface area (Å²) in [6, 6.07) is 0. The Balaban J connectivity index is 3.63. The van der Waals surface area contributed by atoms with Crippen LogP contribution < -0.4 is 10.8 Å². The molecule has 1 unspecified atom stereocenters. The largest absolute Gasteiger partial charge is 0.550 e. The molecule has 52 valence electrons. The van der Waals surface area contributed by atoms with Crippen molar-refractivity contribution in [1.29, 1.82) is 0 Å². The van der Waals surface area contributed by atoms with Crippen LogP contribution >= 0.6 is 0 Å². The molecule has 5 heteroatoms. The lowest BCUT2D eigenvalue weighted by Gasteiger charge is -2.04. The highest BCUT2D eigenvalue weighted by Gasteiger charge is 2.09. The molecule has 0 heterocycles. The molecule has 0 rings (SSSR count). The number of aliphatic carboxylic acids is 1. The first-order valence-corrected chi connectivity index (χ1v) is 2.21. The van der Waals surface area contributed by atoms with E-state index in [-0.39, 0.29) is 0 Å². The standard InChI is InChI=1S/C4H7NO4/c5-4(9)2(6)1-3(7)8/h2,6H,1H2,(H2,5,9)(H,7,8)/p-1. The van der Waals surface area contributed by atoms with Crippen molar-refractivity contribution in [1.82, 2.24) is 0 Å². The molecule has 0 aliphatic rings. The summed E-state index contributed by atoms with van der Waals surface area (Å²) in [6.07, 6.45) is -2.37. The predicted octanol–water partition coefficient (Wildman–Crippen LogP) is -3.03. The summed E-state index contributed by atoms with van der Waals surface area (Å²) >= 11 is 0. The second-order valence-corrected chi connectivity index (χ2v) is 1.49. The van der Waals surface area contributed by atoms with Gasteiger partial charge in [-0.25, -0.2) is 0 Å². The number of carbonyl (C=O) groups excluding carboxylic acids is 2. The van der Waals surface area contributed by atoms with Gasteiger partial charge in [-0.1, -0.05) is 0 Å². The molecule has 3 N–H and O–H groups in total. The minimum Gasteiger partial charge on any atom is -0.550 e. The highest BCUT2D eigenvalue weighted by atomic mass is 16.4. The lowest BCUT2D eigenvalue weighted by molar-refractivity contribution is -0.307. The van der Waals surface area contributed by atoms with Gasteiger partial charge in [-0.05, 0) is 0 Å². The first-order chi connectivity index (χ1) is 4.04. The zero-order chi connectivity index (χ0) is 7.44. The maximum absolute atomic E-state index is 9.92. The summed E-state index contributed by atoms with van der Waals surface area (Å²) in [7, 11) is 0. The van der Waals surface area contributed by atoms with Gasteiger partial charge < -0.3 is 20.7 Å². The van der Waals surface area contributed by atoms with Crippen LogP contribution in [0.4, 0.5) is 0 Å². The van der Waals surface area contributed by atoms with E-state index in [4.69, 9.17) is 5.11 Å². The van der Waals surface area contributed by atoms with Crippen molar-refractivity contribution in [2.75, 3.05) is 0 Å². The van der Waals surface area contributed by atoms with Crippen LogP contribution in [0.3, 0.4) is 0 Å². The average Bonchev–Trinajstić information content (AvgIpc) is 1.63.